The molecule has 0 amide bonds. The van der Waals surface area contributed by atoms with Gasteiger partial charge in [-0.15, -0.1) is 0 Å². The van der Waals surface area contributed by atoms with Gasteiger partial charge in [-0.3, -0.25) is 4.79 Å². The molecule has 0 radical (unpaired) electrons. The molecule has 0 unspecified atom stereocenters. The Balaban J connectivity index is 1.75. The van der Waals surface area contributed by atoms with Crippen molar-refractivity contribution in [3.05, 3.63) is 45.8 Å². The maximum absolute atomic E-state index is 12.5. The first kappa shape index (κ1) is 26.0. The van der Waals surface area contributed by atoms with Crippen molar-refractivity contribution in [1.29, 1.82) is 0 Å². The summed E-state index contributed by atoms with van der Waals surface area (Å²) >= 11 is 0. The Morgan fingerprint density at radius 3 is 2.31 bits per heavy atom. The SMILES string of the molecule is CCCC/C=C\CCCCCCCCCc1cc(=O)c2c(O)c(C)c(OCOC)cc2o1. The van der Waals surface area contributed by atoms with Gasteiger partial charge in [-0.05, 0) is 32.6 Å². The zero-order chi connectivity index (χ0) is 23.2. The fraction of sp³-hybridized carbons (Fsp3) is 0.593. The van der Waals surface area contributed by atoms with E-state index in [0.29, 0.717) is 22.7 Å². The molecule has 0 aliphatic carbocycles. The molecule has 0 atom stereocenters. The minimum Gasteiger partial charge on any atom is -0.507 e. The molecule has 2 rings (SSSR count). The van der Waals surface area contributed by atoms with Crippen LogP contribution in [0.15, 0.2) is 33.5 Å². The third-order valence-corrected chi connectivity index (χ3v) is 5.77. The van der Waals surface area contributed by atoms with Crippen LogP contribution in [-0.2, 0) is 11.2 Å². The van der Waals surface area contributed by atoms with E-state index in [-0.39, 0.29) is 23.4 Å². The molecule has 2 aromatic rings. The van der Waals surface area contributed by atoms with Crippen LogP contribution in [-0.4, -0.2) is 19.0 Å². The molecular weight excluding hydrogens is 404 g/mol. The minimum absolute atomic E-state index is 0.0609. The van der Waals surface area contributed by atoms with E-state index in [1.165, 1.54) is 71.0 Å². The Kier molecular flexibility index (Phi) is 12.0. The van der Waals surface area contributed by atoms with E-state index in [1.807, 2.05) is 0 Å². The molecular formula is C27H40O5. The lowest BCUT2D eigenvalue weighted by Gasteiger charge is -2.12. The Morgan fingerprint density at radius 1 is 0.969 bits per heavy atom. The minimum atomic E-state index is -0.219. The molecule has 0 aliphatic rings. The highest BCUT2D eigenvalue weighted by molar-refractivity contribution is 5.86. The van der Waals surface area contributed by atoms with Gasteiger partial charge in [-0.1, -0.05) is 64.0 Å². The van der Waals surface area contributed by atoms with Crippen LogP contribution in [0.3, 0.4) is 0 Å². The average Bonchev–Trinajstić information content (AvgIpc) is 2.78. The Morgan fingerprint density at radius 2 is 1.62 bits per heavy atom. The lowest BCUT2D eigenvalue weighted by molar-refractivity contribution is 0.0505. The molecule has 0 spiro atoms. The maximum Gasteiger partial charge on any atom is 0.196 e. The molecule has 5 nitrogen and oxygen atoms in total. The van der Waals surface area contributed by atoms with Crippen LogP contribution in [0, 0.1) is 6.92 Å². The van der Waals surface area contributed by atoms with Gasteiger partial charge < -0.3 is 19.0 Å². The van der Waals surface area contributed by atoms with Gasteiger partial charge >= 0.3 is 0 Å². The summed E-state index contributed by atoms with van der Waals surface area (Å²) in [6, 6.07) is 3.17. The first-order chi connectivity index (χ1) is 15.6. The Labute approximate surface area is 192 Å². The molecule has 178 valence electrons. The van der Waals surface area contributed by atoms with Crippen LogP contribution >= 0.6 is 0 Å². The number of phenols is 1. The van der Waals surface area contributed by atoms with Gasteiger partial charge in [-0.25, -0.2) is 0 Å². The lowest BCUT2D eigenvalue weighted by atomic mass is 10.1. The summed E-state index contributed by atoms with van der Waals surface area (Å²) in [6.45, 7) is 4.00. The molecule has 0 aliphatic heterocycles. The molecule has 1 heterocycles. The molecule has 5 heteroatoms. The first-order valence-corrected chi connectivity index (χ1v) is 12.1. The summed E-state index contributed by atoms with van der Waals surface area (Å²) in [5.74, 6) is 1.01. The summed E-state index contributed by atoms with van der Waals surface area (Å²) < 4.78 is 16.3. The molecule has 1 N–H and O–H groups in total. The number of allylic oxidation sites excluding steroid dienone is 2. The highest BCUT2D eigenvalue weighted by Crippen LogP contribution is 2.34. The van der Waals surface area contributed by atoms with Crippen LogP contribution in [0.2, 0.25) is 0 Å². The van der Waals surface area contributed by atoms with E-state index in [1.54, 1.807) is 13.0 Å². The smallest absolute Gasteiger partial charge is 0.196 e. The molecule has 1 aromatic heterocycles. The number of hydrogen-bond acceptors (Lipinski definition) is 5. The van der Waals surface area contributed by atoms with Crippen molar-refractivity contribution in [2.75, 3.05) is 13.9 Å². The quantitative estimate of drug-likeness (QED) is 0.168. The van der Waals surface area contributed by atoms with Crippen molar-refractivity contribution >= 4 is 11.0 Å². The monoisotopic (exact) mass is 444 g/mol. The summed E-state index contributed by atoms with van der Waals surface area (Å²) in [5, 5.41) is 10.6. The highest BCUT2D eigenvalue weighted by atomic mass is 16.7. The van der Waals surface area contributed by atoms with Crippen molar-refractivity contribution in [3.8, 4) is 11.5 Å². The summed E-state index contributed by atoms with van der Waals surface area (Å²) in [4.78, 5) is 12.5. The molecule has 1 aromatic carbocycles. The van der Waals surface area contributed by atoms with E-state index in [0.717, 1.165) is 19.3 Å². The normalized spacial score (nSPS) is 11.6. The number of ether oxygens (including phenoxy) is 2. The third-order valence-electron chi connectivity index (χ3n) is 5.77. The fourth-order valence-electron chi connectivity index (χ4n) is 3.83. The number of benzene rings is 1. The van der Waals surface area contributed by atoms with Crippen molar-refractivity contribution in [2.24, 2.45) is 0 Å². The molecule has 32 heavy (non-hydrogen) atoms. The predicted octanol–water partition coefficient (Wildman–Crippen LogP) is 7.20. The zero-order valence-electron chi connectivity index (χ0n) is 20.1. The van der Waals surface area contributed by atoms with E-state index in [9.17, 15) is 9.90 Å². The number of phenolic OH excluding ortho intramolecular Hbond substituents is 1. The summed E-state index contributed by atoms with van der Waals surface area (Å²) in [7, 11) is 1.53. The van der Waals surface area contributed by atoms with Gasteiger partial charge in [0.2, 0.25) is 0 Å². The maximum atomic E-state index is 12.5. The fourth-order valence-corrected chi connectivity index (χ4v) is 3.83. The van der Waals surface area contributed by atoms with Crippen molar-refractivity contribution < 1.29 is 19.0 Å². The molecule has 0 saturated heterocycles. The van der Waals surface area contributed by atoms with Gasteiger partial charge in [0.25, 0.3) is 0 Å². The second kappa shape index (κ2) is 14.7. The summed E-state index contributed by atoms with van der Waals surface area (Å²) in [6.07, 6.45) is 18.8. The number of fused-ring (bicyclic) bond motifs is 1. The molecule has 0 fully saturated rings. The second-order valence-electron chi connectivity index (χ2n) is 8.48. The number of methoxy groups -OCH3 is 1. The third kappa shape index (κ3) is 8.34. The van der Waals surface area contributed by atoms with Crippen LogP contribution in [0.5, 0.6) is 11.5 Å². The molecule has 0 saturated carbocycles. The van der Waals surface area contributed by atoms with Crippen molar-refractivity contribution in [2.45, 2.75) is 90.9 Å². The van der Waals surface area contributed by atoms with Crippen molar-refractivity contribution in [1.82, 2.24) is 0 Å². The van der Waals surface area contributed by atoms with Gasteiger partial charge in [0.15, 0.2) is 12.2 Å². The largest absolute Gasteiger partial charge is 0.507 e. The second-order valence-corrected chi connectivity index (χ2v) is 8.48. The van der Waals surface area contributed by atoms with Crippen LogP contribution < -0.4 is 10.2 Å². The Hall–Kier alpha value is -2.27. The van der Waals surface area contributed by atoms with Crippen LogP contribution in [0.4, 0.5) is 0 Å². The highest BCUT2D eigenvalue weighted by Gasteiger charge is 2.16. The average molecular weight is 445 g/mol. The lowest BCUT2D eigenvalue weighted by Crippen LogP contribution is -2.06. The first-order valence-electron chi connectivity index (χ1n) is 12.1. The van der Waals surface area contributed by atoms with Gasteiger partial charge in [0.05, 0.1) is 0 Å². The topological polar surface area (TPSA) is 68.9 Å². The van der Waals surface area contributed by atoms with Gasteiger partial charge in [-0.2, -0.15) is 0 Å². The number of aryl methyl sites for hydroxylation is 1. The van der Waals surface area contributed by atoms with Gasteiger partial charge in [0, 0.05) is 31.2 Å². The van der Waals surface area contributed by atoms with Crippen LogP contribution in [0.1, 0.15) is 88.9 Å². The van der Waals surface area contributed by atoms with Crippen molar-refractivity contribution in [3.63, 3.8) is 0 Å². The van der Waals surface area contributed by atoms with Gasteiger partial charge in [0.1, 0.15) is 28.2 Å². The predicted molar refractivity (Wildman–Crippen MR) is 131 cm³/mol. The van der Waals surface area contributed by atoms with Crippen LogP contribution in [0.25, 0.3) is 11.0 Å². The number of unbranched alkanes of at least 4 members (excludes halogenated alkanes) is 9. The van der Waals surface area contributed by atoms with E-state index in [4.69, 9.17) is 13.9 Å². The number of rotatable bonds is 16. The zero-order valence-corrected chi connectivity index (χ0v) is 20.1. The van der Waals surface area contributed by atoms with E-state index < -0.39 is 0 Å². The number of hydrogen-bond donors (Lipinski definition) is 1. The Bertz CT molecular complexity index is 897. The molecule has 0 bridgehead atoms. The summed E-state index contributed by atoms with van der Waals surface area (Å²) in [5.41, 5.74) is 0.636. The van der Waals surface area contributed by atoms with E-state index >= 15 is 0 Å². The standard InChI is InChI=1S/C27H40O5/c1-4-5-6-7-8-9-10-11-12-13-14-15-16-17-22-18-23(28)26-25(32-22)19-24(31-20-30-3)21(2)27(26)29/h7-8,18-19,29H,4-6,9-17,20H2,1-3H3/b8-7-. The van der Waals surface area contributed by atoms with E-state index in [2.05, 4.69) is 19.1 Å². The number of aromatic hydroxyl groups is 1.